The fourth-order valence-electron chi connectivity index (χ4n) is 1.91. The van der Waals surface area contributed by atoms with Crippen molar-refractivity contribution in [3.05, 3.63) is 11.1 Å². The highest BCUT2D eigenvalue weighted by atomic mass is 32.1. The van der Waals surface area contributed by atoms with E-state index < -0.39 is 0 Å². The molecule has 1 unspecified atom stereocenters. The predicted octanol–water partition coefficient (Wildman–Crippen LogP) is 1.36. The Kier molecular flexibility index (Phi) is 4.10. The van der Waals surface area contributed by atoms with Gasteiger partial charge in [0.1, 0.15) is 6.04 Å². The molecular weight excluding hydrogens is 260 g/mol. The van der Waals surface area contributed by atoms with E-state index in [1.807, 2.05) is 13.1 Å². The van der Waals surface area contributed by atoms with Crippen LogP contribution in [0.1, 0.15) is 32.6 Å². The average Bonchev–Trinajstić information content (AvgIpc) is 2.78. The Balaban J connectivity index is 2.02. The molecule has 1 atom stereocenters. The predicted molar refractivity (Wildman–Crippen MR) is 78.5 cm³/mol. The molecule has 19 heavy (non-hydrogen) atoms. The minimum Gasteiger partial charge on any atom is -0.353 e. The lowest BCUT2D eigenvalue weighted by Gasteiger charge is -2.32. The highest BCUT2D eigenvalue weighted by molar-refractivity contribution is 7.15. The summed E-state index contributed by atoms with van der Waals surface area (Å²) < 4.78 is 0. The SMILES string of the molecule is CC1C(=O)NCCN1c1ncc(CNC(C)(C)C)s1. The van der Waals surface area contributed by atoms with Gasteiger partial charge in [-0.3, -0.25) is 4.79 Å². The number of amides is 1. The van der Waals surface area contributed by atoms with Crippen LogP contribution in [0.2, 0.25) is 0 Å². The first-order valence-corrected chi connectivity index (χ1v) is 7.42. The van der Waals surface area contributed by atoms with Gasteiger partial charge in [-0.1, -0.05) is 0 Å². The quantitative estimate of drug-likeness (QED) is 0.879. The zero-order valence-electron chi connectivity index (χ0n) is 12.0. The van der Waals surface area contributed by atoms with Gasteiger partial charge in [0.2, 0.25) is 5.91 Å². The van der Waals surface area contributed by atoms with Gasteiger partial charge in [0, 0.05) is 36.2 Å². The maximum absolute atomic E-state index is 11.7. The molecule has 0 spiro atoms. The van der Waals surface area contributed by atoms with Gasteiger partial charge in [0.25, 0.3) is 0 Å². The van der Waals surface area contributed by atoms with Crippen molar-refractivity contribution in [1.82, 2.24) is 15.6 Å². The van der Waals surface area contributed by atoms with Crippen LogP contribution in [-0.2, 0) is 11.3 Å². The molecule has 1 saturated heterocycles. The molecule has 0 bridgehead atoms. The molecule has 0 saturated carbocycles. The number of nitrogens with one attached hydrogen (secondary N) is 2. The van der Waals surface area contributed by atoms with E-state index in [2.05, 4.69) is 41.3 Å². The van der Waals surface area contributed by atoms with Crippen molar-refractivity contribution in [2.75, 3.05) is 18.0 Å². The van der Waals surface area contributed by atoms with E-state index >= 15 is 0 Å². The second kappa shape index (κ2) is 5.46. The summed E-state index contributed by atoms with van der Waals surface area (Å²) in [5.74, 6) is 0.0795. The fraction of sp³-hybridized carbons (Fsp3) is 0.692. The molecule has 0 radical (unpaired) electrons. The molecule has 0 aromatic carbocycles. The minimum atomic E-state index is -0.136. The van der Waals surface area contributed by atoms with Gasteiger partial charge in [0.15, 0.2) is 5.13 Å². The van der Waals surface area contributed by atoms with E-state index in [4.69, 9.17) is 0 Å². The molecule has 0 aliphatic carbocycles. The first-order valence-electron chi connectivity index (χ1n) is 6.61. The van der Waals surface area contributed by atoms with Crippen LogP contribution in [0.3, 0.4) is 0 Å². The number of aromatic nitrogens is 1. The Bertz CT molecular complexity index is 452. The van der Waals surface area contributed by atoms with Gasteiger partial charge >= 0.3 is 0 Å². The number of carbonyl (C=O) groups excluding carboxylic acids is 1. The molecule has 1 aromatic rings. The van der Waals surface area contributed by atoms with Crippen molar-refractivity contribution < 1.29 is 4.79 Å². The molecule has 2 heterocycles. The lowest BCUT2D eigenvalue weighted by atomic mass is 10.1. The Hall–Kier alpha value is -1.14. The summed E-state index contributed by atoms with van der Waals surface area (Å²) in [4.78, 5) is 19.4. The van der Waals surface area contributed by atoms with Gasteiger partial charge in [-0.15, -0.1) is 11.3 Å². The monoisotopic (exact) mass is 282 g/mol. The van der Waals surface area contributed by atoms with Crippen molar-refractivity contribution in [3.63, 3.8) is 0 Å². The number of thiazole rings is 1. The molecule has 1 fully saturated rings. The summed E-state index contributed by atoms with van der Waals surface area (Å²) in [7, 11) is 0. The van der Waals surface area contributed by atoms with Crippen LogP contribution in [0.15, 0.2) is 6.20 Å². The number of piperazine rings is 1. The van der Waals surface area contributed by atoms with Crippen molar-refractivity contribution in [3.8, 4) is 0 Å². The van der Waals surface area contributed by atoms with Gasteiger partial charge < -0.3 is 15.5 Å². The first-order chi connectivity index (χ1) is 8.87. The zero-order chi connectivity index (χ0) is 14.0. The molecule has 2 N–H and O–H groups in total. The number of hydrogen-bond acceptors (Lipinski definition) is 5. The minimum absolute atomic E-state index is 0.0795. The van der Waals surface area contributed by atoms with E-state index in [1.165, 1.54) is 4.88 Å². The summed E-state index contributed by atoms with van der Waals surface area (Å²) >= 11 is 1.66. The molecule has 1 aliphatic rings. The van der Waals surface area contributed by atoms with Crippen LogP contribution < -0.4 is 15.5 Å². The summed E-state index contributed by atoms with van der Waals surface area (Å²) in [6.45, 7) is 10.7. The molecular formula is C13H22N4OS. The molecule has 1 aliphatic heterocycles. The van der Waals surface area contributed by atoms with Gasteiger partial charge in [-0.2, -0.15) is 0 Å². The van der Waals surface area contributed by atoms with Crippen molar-refractivity contribution in [2.24, 2.45) is 0 Å². The second-order valence-electron chi connectivity index (χ2n) is 5.87. The highest BCUT2D eigenvalue weighted by Gasteiger charge is 2.27. The van der Waals surface area contributed by atoms with Crippen LogP contribution in [-0.4, -0.2) is 35.6 Å². The van der Waals surface area contributed by atoms with Crippen LogP contribution in [0.25, 0.3) is 0 Å². The number of hydrogen-bond donors (Lipinski definition) is 2. The Morgan fingerprint density at radius 1 is 1.58 bits per heavy atom. The average molecular weight is 282 g/mol. The van der Waals surface area contributed by atoms with Crippen LogP contribution in [0.5, 0.6) is 0 Å². The van der Waals surface area contributed by atoms with Gasteiger partial charge in [0.05, 0.1) is 0 Å². The molecule has 5 nitrogen and oxygen atoms in total. The van der Waals surface area contributed by atoms with Crippen LogP contribution in [0.4, 0.5) is 5.13 Å². The molecule has 2 rings (SSSR count). The normalized spacial score (nSPS) is 20.5. The summed E-state index contributed by atoms with van der Waals surface area (Å²) in [6, 6.07) is -0.136. The largest absolute Gasteiger partial charge is 0.353 e. The second-order valence-corrected chi connectivity index (χ2v) is 6.97. The van der Waals surface area contributed by atoms with Crippen LogP contribution >= 0.6 is 11.3 Å². The molecule has 6 heteroatoms. The number of anilines is 1. The van der Waals surface area contributed by atoms with Gasteiger partial charge in [-0.25, -0.2) is 4.98 Å². The van der Waals surface area contributed by atoms with E-state index in [0.29, 0.717) is 6.54 Å². The smallest absolute Gasteiger partial charge is 0.242 e. The summed E-state index contributed by atoms with van der Waals surface area (Å²) in [5.41, 5.74) is 0.0997. The molecule has 106 valence electrons. The maximum atomic E-state index is 11.7. The first kappa shape index (κ1) is 14.3. The maximum Gasteiger partial charge on any atom is 0.242 e. The molecule has 1 amide bonds. The molecule has 1 aromatic heterocycles. The number of rotatable bonds is 3. The van der Waals surface area contributed by atoms with Crippen molar-refractivity contribution in [2.45, 2.75) is 45.8 Å². The summed E-state index contributed by atoms with van der Waals surface area (Å²) in [5, 5.41) is 7.25. The van der Waals surface area contributed by atoms with Crippen molar-refractivity contribution in [1.29, 1.82) is 0 Å². The Labute approximate surface area is 118 Å². The fourth-order valence-corrected chi connectivity index (χ4v) is 2.86. The zero-order valence-corrected chi connectivity index (χ0v) is 12.8. The Morgan fingerprint density at radius 3 is 3.00 bits per heavy atom. The van der Waals surface area contributed by atoms with E-state index in [-0.39, 0.29) is 17.5 Å². The van der Waals surface area contributed by atoms with E-state index in [0.717, 1.165) is 18.2 Å². The topological polar surface area (TPSA) is 57.3 Å². The van der Waals surface area contributed by atoms with Crippen LogP contribution in [0, 0.1) is 0 Å². The third-order valence-electron chi connectivity index (χ3n) is 3.08. The van der Waals surface area contributed by atoms with E-state index in [9.17, 15) is 4.79 Å². The standard InChI is InChI=1S/C13H22N4OS/c1-9-11(18)14-5-6-17(9)12-15-7-10(19-12)8-16-13(2,3)4/h7,9,16H,5-6,8H2,1-4H3,(H,14,18). The number of carbonyl (C=O) groups is 1. The summed E-state index contributed by atoms with van der Waals surface area (Å²) in [6.07, 6.45) is 1.90. The lowest BCUT2D eigenvalue weighted by Crippen LogP contribution is -2.54. The lowest BCUT2D eigenvalue weighted by molar-refractivity contribution is -0.122. The Morgan fingerprint density at radius 2 is 2.32 bits per heavy atom. The van der Waals surface area contributed by atoms with E-state index in [1.54, 1.807) is 11.3 Å². The highest BCUT2D eigenvalue weighted by Crippen LogP contribution is 2.25. The third kappa shape index (κ3) is 3.67. The van der Waals surface area contributed by atoms with Crippen molar-refractivity contribution >= 4 is 22.4 Å². The van der Waals surface area contributed by atoms with Gasteiger partial charge in [-0.05, 0) is 27.7 Å². The third-order valence-corrected chi connectivity index (χ3v) is 4.11. The number of nitrogens with zero attached hydrogens (tertiary/aromatic N) is 2.